The van der Waals surface area contributed by atoms with E-state index in [0.29, 0.717) is 44.0 Å². The van der Waals surface area contributed by atoms with Gasteiger partial charge in [-0.25, -0.2) is 0 Å². The number of hydrogen-bond donors (Lipinski definition) is 1. The molecule has 0 bridgehead atoms. The Bertz CT molecular complexity index is 825. The van der Waals surface area contributed by atoms with Gasteiger partial charge in [0, 0.05) is 19.5 Å². The van der Waals surface area contributed by atoms with Crippen LogP contribution in [0.1, 0.15) is 24.0 Å². The van der Waals surface area contributed by atoms with E-state index < -0.39 is 0 Å². The van der Waals surface area contributed by atoms with Gasteiger partial charge in [0.2, 0.25) is 5.91 Å². The number of carbonyl (C=O) groups is 1. The van der Waals surface area contributed by atoms with Crippen molar-refractivity contribution in [3.8, 4) is 5.75 Å². The molecule has 0 spiro atoms. The maximum Gasteiger partial charge on any atom is 0.223 e. The number of amides is 1. The number of para-hydroxylation sites is 2. The Labute approximate surface area is 166 Å². The molecule has 0 saturated heterocycles. The molecule has 0 radical (unpaired) electrons. The largest absolute Gasteiger partial charge is 0.491 e. The van der Waals surface area contributed by atoms with Crippen molar-refractivity contribution < 1.29 is 9.53 Å². The van der Waals surface area contributed by atoms with E-state index in [1.807, 2.05) is 89.8 Å². The Morgan fingerprint density at radius 2 is 1.32 bits per heavy atom. The highest BCUT2D eigenvalue weighted by atomic mass is 16.5. The van der Waals surface area contributed by atoms with Gasteiger partial charge in [-0.3, -0.25) is 4.79 Å². The van der Waals surface area contributed by atoms with Gasteiger partial charge in [-0.05, 0) is 29.7 Å². The van der Waals surface area contributed by atoms with E-state index in [-0.39, 0.29) is 5.91 Å². The van der Waals surface area contributed by atoms with Gasteiger partial charge in [0.1, 0.15) is 5.75 Å². The van der Waals surface area contributed by atoms with Gasteiger partial charge < -0.3 is 15.4 Å². The lowest BCUT2D eigenvalue weighted by Crippen LogP contribution is -2.30. The van der Waals surface area contributed by atoms with Crippen LogP contribution >= 0.6 is 0 Å². The molecule has 4 nitrogen and oxygen atoms in total. The van der Waals surface area contributed by atoms with Crippen LogP contribution in [0.15, 0.2) is 84.9 Å². The number of nitrogen functional groups attached to an aromatic ring is 1. The monoisotopic (exact) mass is 374 g/mol. The smallest absolute Gasteiger partial charge is 0.223 e. The molecule has 0 aliphatic rings. The van der Waals surface area contributed by atoms with Gasteiger partial charge in [-0.15, -0.1) is 0 Å². The predicted molar refractivity (Wildman–Crippen MR) is 113 cm³/mol. The van der Waals surface area contributed by atoms with Crippen molar-refractivity contribution in [3.63, 3.8) is 0 Å². The van der Waals surface area contributed by atoms with Crippen molar-refractivity contribution in [1.82, 2.24) is 4.90 Å². The molecule has 4 heteroatoms. The topological polar surface area (TPSA) is 55.6 Å². The third kappa shape index (κ3) is 5.88. The molecule has 2 N–H and O–H groups in total. The molecule has 0 aliphatic heterocycles. The summed E-state index contributed by atoms with van der Waals surface area (Å²) in [6.45, 7) is 1.66. The van der Waals surface area contributed by atoms with Crippen LogP contribution in [0.25, 0.3) is 0 Å². The second-order valence-corrected chi connectivity index (χ2v) is 6.71. The maximum atomic E-state index is 12.9. The van der Waals surface area contributed by atoms with Crippen LogP contribution in [0.3, 0.4) is 0 Å². The fourth-order valence-electron chi connectivity index (χ4n) is 3.02. The number of carbonyl (C=O) groups excluding carboxylic acids is 1. The van der Waals surface area contributed by atoms with Crippen molar-refractivity contribution in [3.05, 3.63) is 96.1 Å². The lowest BCUT2D eigenvalue weighted by molar-refractivity contribution is -0.132. The molecule has 3 rings (SSSR count). The average molecular weight is 374 g/mol. The molecule has 144 valence electrons. The van der Waals surface area contributed by atoms with Gasteiger partial charge in [0.25, 0.3) is 0 Å². The molecule has 0 fully saturated rings. The second kappa shape index (κ2) is 10.2. The fourth-order valence-corrected chi connectivity index (χ4v) is 3.02. The Hall–Kier alpha value is -3.27. The zero-order chi connectivity index (χ0) is 19.6. The highest BCUT2D eigenvalue weighted by Gasteiger charge is 2.14. The number of anilines is 1. The Kier molecular flexibility index (Phi) is 7.08. The Morgan fingerprint density at radius 3 is 1.89 bits per heavy atom. The van der Waals surface area contributed by atoms with Gasteiger partial charge in [-0.2, -0.15) is 0 Å². The van der Waals surface area contributed by atoms with Crippen LogP contribution in [-0.2, 0) is 17.9 Å². The summed E-state index contributed by atoms with van der Waals surface area (Å²) < 4.78 is 5.71. The van der Waals surface area contributed by atoms with Crippen LogP contribution in [0.2, 0.25) is 0 Å². The second-order valence-electron chi connectivity index (χ2n) is 6.71. The highest BCUT2D eigenvalue weighted by Crippen LogP contribution is 2.20. The summed E-state index contributed by atoms with van der Waals surface area (Å²) in [6.07, 6.45) is 1.08. The average Bonchev–Trinajstić information content (AvgIpc) is 2.73. The van der Waals surface area contributed by atoms with E-state index in [1.54, 1.807) is 0 Å². The van der Waals surface area contributed by atoms with E-state index in [2.05, 4.69) is 0 Å². The Balaban J connectivity index is 1.57. The minimum Gasteiger partial charge on any atom is -0.491 e. The summed E-state index contributed by atoms with van der Waals surface area (Å²) in [5.41, 5.74) is 8.75. The first kappa shape index (κ1) is 19.5. The van der Waals surface area contributed by atoms with Crippen LogP contribution in [0, 0.1) is 0 Å². The minimum absolute atomic E-state index is 0.123. The van der Waals surface area contributed by atoms with E-state index in [0.717, 1.165) is 11.1 Å². The minimum atomic E-state index is 0.123. The van der Waals surface area contributed by atoms with Gasteiger partial charge in [0.05, 0.1) is 12.3 Å². The fraction of sp³-hybridized carbons (Fsp3) is 0.208. The first-order valence-electron chi connectivity index (χ1n) is 9.55. The summed E-state index contributed by atoms with van der Waals surface area (Å²) in [7, 11) is 0. The molecule has 3 aromatic carbocycles. The first-order valence-corrected chi connectivity index (χ1v) is 9.55. The maximum absolute atomic E-state index is 12.9. The van der Waals surface area contributed by atoms with Crippen molar-refractivity contribution in [1.29, 1.82) is 0 Å². The van der Waals surface area contributed by atoms with E-state index in [9.17, 15) is 4.79 Å². The quantitative estimate of drug-likeness (QED) is 0.438. The number of hydrogen-bond acceptors (Lipinski definition) is 3. The normalized spacial score (nSPS) is 10.4. The van der Waals surface area contributed by atoms with E-state index in [1.165, 1.54) is 0 Å². The highest BCUT2D eigenvalue weighted by molar-refractivity contribution is 5.76. The third-order valence-electron chi connectivity index (χ3n) is 4.50. The summed E-state index contributed by atoms with van der Waals surface area (Å²) in [4.78, 5) is 14.8. The van der Waals surface area contributed by atoms with Crippen LogP contribution < -0.4 is 10.5 Å². The number of benzene rings is 3. The van der Waals surface area contributed by atoms with Crippen molar-refractivity contribution >= 4 is 11.6 Å². The zero-order valence-electron chi connectivity index (χ0n) is 16.0. The molecule has 3 aromatic rings. The van der Waals surface area contributed by atoms with Gasteiger partial charge in [0.15, 0.2) is 0 Å². The zero-order valence-corrected chi connectivity index (χ0v) is 16.0. The molecule has 0 unspecified atom stereocenters. The first-order chi connectivity index (χ1) is 13.7. The molecular weight excluding hydrogens is 348 g/mol. The summed E-state index contributed by atoms with van der Waals surface area (Å²) in [6, 6.07) is 27.6. The van der Waals surface area contributed by atoms with Gasteiger partial charge >= 0.3 is 0 Å². The number of ether oxygens (including phenoxy) is 1. The molecule has 0 aromatic heterocycles. The summed E-state index contributed by atoms with van der Waals surface area (Å²) >= 11 is 0. The standard InChI is InChI=1S/C24H26N2O2/c25-22-14-7-8-15-23(22)28-17-9-16-24(27)26(18-20-10-3-1-4-11-20)19-21-12-5-2-6-13-21/h1-8,10-15H,9,16-19,25H2. The molecule has 0 atom stereocenters. The van der Waals surface area contributed by atoms with Crippen molar-refractivity contribution in [2.75, 3.05) is 12.3 Å². The number of nitrogens with zero attached hydrogens (tertiary/aromatic N) is 1. The summed E-state index contributed by atoms with van der Waals surface area (Å²) in [5, 5.41) is 0. The molecule has 1 amide bonds. The van der Waals surface area contributed by atoms with E-state index in [4.69, 9.17) is 10.5 Å². The Morgan fingerprint density at radius 1 is 0.786 bits per heavy atom. The summed E-state index contributed by atoms with van der Waals surface area (Å²) in [5.74, 6) is 0.790. The third-order valence-corrected chi connectivity index (χ3v) is 4.50. The molecular formula is C24H26N2O2. The SMILES string of the molecule is Nc1ccccc1OCCCC(=O)N(Cc1ccccc1)Cc1ccccc1. The van der Waals surface area contributed by atoms with Crippen LogP contribution in [0.4, 0.5) is 5.69 Å². The lowest BCUT2D eigenvalue weighted by Gasteiger charge is -2.23. The van der Waals surface area contributed by atoms with E-state index >= 15 is 0 Å². The molecule has 0 aliphatic carbocycles. The lowest BCUT2D eigenvalue weighted by atomic mass is 10.1. The predicted octanol–water partition coefficient (Wildman–Crippen LogP) is 4.66. The van der Waals surface area contributed by atoms with Crippen LogP contribution in [0.5, 0.6) is 5.75 Å². The van der Waals surface area contributed by atoms with Crippen LogP contribution in [-0.4, -0.2) is 17.4 Å². The number of rotatable bonds is 9. The molecule has 0 saturated carbocycles. The molecule has 28 heavy (non-hydrogen) atoms. The van der Waals surface area contributed by atoms with Crippen molar-refractivity contribution in [2.24, 2.45) is 0 Å². The number of nitrogens with two attached hydrogens (primary N) is 1. The molecule has 0 heterocycles. The van der Waals surface area contributed by atoms with Crippen molar-refractivity contribution in [2.45, 2.75) is 25.9 Å². The van der Waals surface area contributed by atoms with Gasteiger partial charge in [-0.1, -0.05) is 72.8 Å².